The summed E-state index contributed by atoms with van der Waals surface area (Å²) in [5.41, 5.74) is 4.05. The third kappa shape index (κ3) is 2.81. The van der Waals surface area contributed by atoms with Crippen molar-refractivity contribution < 1.29 is 9.53 Å². The van der Waals surface area contributed by atoms with Crippen molar-refractivity contribution in [3.05, 3.63) is 65.2 Å². The van der Waals surface area contributed by atoms with Crippen LogP contribution in [0.3, 0.4) is 0 Å². The molecular formula is C19H18N2O2S. The van der Waals surface area contributed by atoms with Gasteiger partial charge in [-0.15, -0.1) is 11.8 Å². The minimum Gasteiger partial charge on any atom is -0.409 e. The summed E-state index contributed by atoms with van der Waals surface area (Å²) in [5.74, 6) is 1.72. The molecule has 2 aliphatic rings. The molecule has 1 N–H and O–H groups in total. The summed E-state index contributed by atoms with van der Waals surface area (Å²) in [7, 11) is 1.74. The van der Waals surface area contributed by atoms with Crippen LogP contribution in [0.4, 0.5) is 10.5 Å². The Kier molecular flexibility index (Phi) is 4.04. The van der Waals surface area contributed by atoms with E-state index in [4.69, 9.17) is 4.74 Å². The van der Waals surface area contributed by atoms with Crippen LogP contribution in [0.2, 0.25) is 0 Å². The fourth-order valence-corrected chi connectivity index (χ4v) is 4.02. The molecule has 0 spiro atoms. The van der Waals surface area contributed by atoms with Crippen LogP contribution < -0.4 is 10.2 Å². The summed E-state index contributed by atoms with van der Waals surface area (Å²) in [6.07, 6.45) is 1.56. The van der Waals surface area contributed by atoms with Crippen molar-refractivity contribution in [1.82, 2.24) is 5.32 Å². The van der Waals surface area contributed by atoms with Crippen LogP contribution in [0, 0.1) is 0 Å². The predicted molar refractivity (Wildman–Crippen MR) is 98.8 cm³/mol. The molecule has 2 heterocycles. The topological polar surface area (TPSA) is 41.6 Å². The molecule has 1 amide bonds. The molecule has 0 bridgehead atoms. The number of amides is 1. The molecular weight excluding hydrogens is 320 g/mol. The maximum Gasteiger partial charge on any atom is 0.419 e. The van der Waals surface area contributed by atoms with Gasteiger partial charge in [0, 0.05) is 24.9 Å². The van der Waals surface area contributed by atoms with E-state index in [0.29, 0.717) is 11.1 Å². The number of rotatable bonds is 2. The maximum absolute atomic E-state index is 12.1. The van der Waals surface area contributed by atoms with Gasteiger partial charge in [0.2, 0.25) is 0 Å². The quantitative estimate of drug-likeness (QED) is 0.895. The first-order valence-corrected chi connectivity index (χ1v) is 8.99. The normalized spacial score (nSPS) is 21.7. The van der Waals surface area contributed by atoms with Crippen molar-refractivity contribution in [2.24, 2.45) is 0 Å². The predicted octanol–water partition coefficient (Wildman–Crippen LogP) is 4.11. The van der Waals surface area contributed by atoms with Gasteiger partial charge in [-0.2, -0.15) is 0 Å². The Morgan fingerprint density at radius 1 is 1.25 bits per heavy atom. The molecule has 2 aliphatic heterocycles. The number of nitrogens with zero attached hydrogens (tertiary/aromatic N) is 1. The van der Waals surface area contributed by atoms with Gasteiger partial charge < -0.3 is 10.1 Å². The molecule has 2 aromatic rings. The molecule has 122 valence electrons. The Balaban J connectivity index is 1.80. The molecule has 2 aromatic carbocycles. The molecule has 1 atom stereocenters. The maximum atomic E-state index is 12.1. The Labute approximate surface area is 145 Å². The number of hydrogen-bond acceptors (Lipinski definition) is 4. The van der Waals surface area contributed by atoms with Gasteiger partial charge in [-0.1, -0.05) is 36.4 Å². The van der Waals surface area contributed by atoms with Gasteiger partial charge in [0.05, 0.1) is 11.1 Å². The minimum atomic E-state index is -0.356. The van der Waals surface area contributed by atoms with E-state index in [1.807, 2.05) is 54.2 Å². The van der Waals surface area contributed by atoms with Crippen molar-refractivity contribution in [3.63, 3.8) is 0 Å². The van der Waals surface area contributed by atoms with Crippen LogP contribution in [-0.2, 0) is 4.74 Å². The summed E-state index contributed by atoms with van der Waals surface area (Å²) in [6, 6.07) is 16.1. The summed E-state index contributed by atoms with van der Waals surface area (Å²) in [6.45, 7) is 1.02. The lowest BCUT2D eigenvalue weighted by Crippen LogP contribution is -2.31. The van der Waals surface area contributed by atoms with E-state index in [1.54, 1.807) is 11.9 Å². The zero-order valence-electron chi connectivity index (χ0n) is 13.4. The molecule has 1 fully saturated rings. The molecule has 4 nitrogen and oxygen atoms in total. The summed E-state index contributed by atoms with van der Waals surface area (Å²) < 4.78 is 5.57. The van der Waals surface area contributed by atoms with Crippen molar-refractivity contribution in [3.8, 4) is 0 Å². The standard InChI is InChI=1S/C19H18N2O2S/c1-21-16-8-7-14(18-20-9-10-24-18)12-15(16)17(23-19(21)22)11-13-5-3-2-4-6-13/h2-8,11-12,18,20H,9-10H2,1H3/b17-11-. The number of thioether (sulfide) groups is 1. The second-order valence-corrected chi connectivity index (χ2v) is 7.04. The van der Waals surface area contributed by atoms with E-state index in [-0.39, 0.29) is 6.09 Å². The molecule has 5 heteroatoms. The number of fused-ring (bicyclic) bond motifs is 1. The van der Waals surface area contributed by atoms with Gasteiger partial charge in [-0.3, -0.25) is 4.90 Å². The monoisotopic (exact) mass is 338 g/mol. The van der Waals surface area contributed by atoms with Crippen molar-refractivity contribution in [2.45, 2.75) is 5.37 Å². The van der Waals surface area contributed by atoms with Gasteiger partial charge in [0.25, 0.3) is 0 Å². The van der Waals surface area contributed by atoms with E-state index < -0.39 is 0 Å². The van der Waals surface area contributed by atoms with Gasteiger partial charge in [0.15, 0.2) is 0 Å². The van der Waals surface area contributed by atoms with E-state index in [9.17, 15) is 4.79 Å². The molecule has 1 unspecified atom stereocenters. The number of benzene rings is 2. The fraction of sp³-hybridized carbons (Fsp3) is 0.211. The molecule has 0 aromatic heterocycles. The van der Waals surface area contributed by atoms with Crippen LogP contribution in [0.5, 0.6) is 0 Å². The van der Waals surface area contributed by atoms with E-state index >= 15 is 0 Å². The van der Waals surface area contributed by atoms with Crippen LogP contribution >= 0.6 is 11.8 Å². The molecule has 0 aliphatic carbocycles. The summed E-state index contributed by atoms with van der Waals surface area (Å²) >= 11 is 1.90. The van der Waals surface area contributed by atoms with Gasteiger partial charge >= 0.3 is 6.09 Å². The smallest absolute Gasteiger partial charge is 0.409 e. The number of hydrogen-bond donors (Lipinski definition) is 1. The van der Waals surface area contributed by atoms with Crippen LogP contribution in [-0.4, -0.2) is 25.4 Å². The number of nitrogens with one attached hydrogen (secondary N) is 1. The highest BCUT2D eigenvalue weighted by atomic mass is 32.2. The molecule has 1 saturated heterocycles. The Bertz CT molecular complexity index is 798. The number of anilines is 1. The molecule has 4 rings (SSSR count). The SMILES string of the molecule is CN1C(=O)O/C(=C\c2ccccc2)c2cc(C3NCCS3)ccc21. The average Bonchev–Trinajstić information content (AvgIpc) is 3.14. The number of ether oxygens (including phenoxy) is 1. The first-order valence-electron chi connectivity index (χ1n) is 7.94. The summed E-state index contributed by atoms with van der Waals surface area (Å²) in [4.78, 5) is 13.7. The number of cyclic esters (lactones) is 1. The van der Waals surface area contributed by atoms with Crippen molar-refractivity contribution in [2.75, 3.05) is 24.2 Å². The Morgan fingerprint density at radius 2 is 2.08 bits per heavy atom. The Morgan fingerprint density at radius 3 is 2.83 bits per heavy atom. The zero-order valence-corrected chi connectivity index (χ0v) is 14.2. The molecule has 0 saturated carbocycles. The highest BCUT2D eigenvalue weighted by Crippen LogP contribution is 2.38. The van der Waals surface area contributed by atoms with Crippen molar-refractivity contribution >= 4 is 35.4 Å². The van der Waals surface area contributed by atoms with E-state index in [0.717, 1.165) is 29.1 Å². The minimum absolute atomic E-state index is 0.302. The Hall–Kier alpha value is -2.24. The number of carbonyl (C=O) groups excluding carboxylic acids is 1. The second-order valence-electron chi connectivity index (χ2n) is 5.83. The zero-order chi connectivity index (χ0) is 16.5. The highest BCUT2D eigenvalue weighted by molar-refractivity contribution is 7.99. The lowest BCUT2D eigenvalue weighted by Gasteiger charge is -2.28. The van der Waals surface area contributed by atoms with Crippen LogP contribution in [0.15, 0.2) is 48.5 Å². The molecule has 0 radical (unpaired) electrons. The average molecular weight is 338 g/mol. The lowest BCUT2D eigenvalue weighted by atomic mass is 10.0. The number of carbonyl (C=O) groups is 1. The third-order valence-corrected chi connectivity index (χ3v) is 5.45. The largest absolute Gasteiger partial charge is 0.419 e. The first-order chi connectivity index (χ1) is 11.7. The summed E-state index contributed by atoms with van der Waals surface area (Å²) in [5, 5.41) is 3.79. The van der Waals surface area contributed by atoms with Gasteiger partial charge in [-0.05, 0) is 29.3 Å². The van der Waals surface area contributed by atoms with Crippen LogP contribution in [0.1, 0.15) is 22.1 Å². The van der Waals surface area contributed by atoms with Gasteiger partial charge in [0.1, 0.15) is 5.76 Å². The van der Waals surface area contributed by atoms with Crippen LogP contribution in [0.25, 0.3) is 11.8 Å². The van der Waals surface area contributed by atoms with Crippen molar-refractivity contribution in [1.29, 1.82) is 0 Å². The first kappa shape index (κ1) is 15.3. The fourth-order valence-electron chi connectivity index (χ4n) is 2.97. The lowest BCUT2D eigenvalue weighted by molar-refractivity contribution is 0.199. The van der Waals surface area contributed by atoms with E-state index in [1.165, 1.54) is 5.56 Å². The van der Waals surface area contributed by atoms with Gasteiger partial charge in [-0.25, -0.2) is 4.79 Å². The third-order valence-electron chi connectivity index (χ3n) is 4.23. The second kappa shape index (κ2) is 6.34. The highest BCUT2D eigenvalue weighted by Gasteiger charge is 2.28. The van der Waals surface area contributed by atoms with E-state index in [2.05, 4.69) is 17.4 Å². The molecule has 24 heavy (non-hydrogen) atoms.